The molecule has 0 fully saturated rings. The van der Waals surface area contributed by atoms with Gasteiger partial charge >= 0.3 is 16.3 Å². The van der Waals surface area contributed by atoms with Gasteiger partial charge in [-0.15, -0.1) is 0 Å². The van der Waals surface area contributed by atoms with E-state index in [4.69, 9.17) is 8.60 Å². The molecule has 1 aromatic heterocycles. The summed E-state index contributed by atoms with van der Waals surface area (Å²) in [7, 11) is -4.32. The number of furan rings is 1. The molecule has 0 aliphatic heterocycles. The van der Waals surface area contributed by atoms with Crippen LogP contribution in [0.4, 0.5) is 18.9 Å². The first kappa shape index (κ1) is 19.5. The van der Waals surface area contributed by atoms with Gasteiger partial charge < -0.3 is 13.9 Å². The Morgan fingerprint density at radius 3 is 2.14 bits per heavy atom. The molecule has 0 saturated heterocycles. The molecule has 146 valence electrons. The maximum Gasteiger partial charge on any atom is 0.416 e. The molecule has 28 heavy (non-hydrogen) atoms. The van der Waals surface area contributed by atoms with E-state index in [1.807, 2.05) is 0 Å². The molecular formula is C18H12F3NO5S. The minimum absolute atomic E-state index is 0.0732. The molecule has 2 aromatic carbocycles. The van der Waals surface area contributed by atoms with Gasteiger partial charge in [-0.3, -0.25) is 4.79 Å². The highest BCUT2D eigenvalue weighted by atomic mass is 32.2. The van der Waals surface area contributed by atoms with Crippen LogP contribution >= 0.6 is 0 Å². The zero-order valence-corrected chi connectivity index (χ0v) is 14.8. The van der Waals surface area contributed by atoms with Crippen LogP contribution in [-0.2, 0) is 16.3 Å². The third-order valence-electron chi connectivity index (χ3n) is 3.53. The van der Waals surface area contributed by atoms with Crippen LogP contribution in [0.5, 0.6) is 5.75 Å². The maximum absolute atomic E-state index is 12.6. The van der Waals surface area contributed by atoms with Crippen molar-refractivity contribution in [2.45, 2.75) is 11.1 Å². The van der Waals surface area contributed by atoms with E-state index in [1.54, 1.807) is 6.07 Å². The number of nitrogens with one attached hydrogen (secondary N) is 1. The highest BCUT2D eigenvalue weighted by Gasteiger charge is 2.30. The van der Waals surface area contributed by atoms with Crippen molar-refractivity contribution >= 4 is 21.7 Å². The first-order chi connectivity index (χ1) is 13.1. The van der Waals surface area contributed by atoms with Crippen molar-refractivity contribution in [2.24, 2.45) is 0 Å². The molecular weight excluding hydrogens is 399 g/mol. The van der Waals surface area contributed by atoms with Gasteiger partial charge in [-0.2, -0.15) is 21.6 Å². The van der Waals surface area contributed by atoms with Crippen LogP contribution in [0.25, 0.3) is 0 Å². The number of benzene rings is 2. The lowest BCUT2D eigenvalue weighted by atomic mass is 10.2. The summed E-state index contributed by atoms with van der Waals surface area (Å²) in [5.74, 6) is -0.461. The molecule has 0 saturated carbocycles. The fourth-order valence-corrected chi connectivity index (χ4v) is 3.11. The fourth-order valence-electron chi connectivity index (χ4n) is 2.18. The Balaban J connectivity index is 1.69. The number of carbonyl (C=O) groups is 1. The lowest BCUT2D eigenvalue weighted by Crippen LogP contribution is -2.12. The number of amides is 1. The van der Waals surface area contributed by atoms with Gasteiger partial charge in [0, 0.05) is 5.69 Å². The molecule has 1 heterocycles. The van der Waals surface area contributed by atoms with E-state index in [0.29, 0.717) is 17.8 Å². The van der Waals surface area contributed by atoms with Crippen LogP contribution in [0.15, 0.2) is 76.2 Å². The first-order valence-electron chi connectivity index (χ1n) is 7.72. The predicted octanol–water partition coefficient (Wildman–Crippen LogP) is 4.32. The monoisotopic (exact) mass is 411 g/mol. The van der Waals surface area contributed by atoms with Crippen molar-refractivity contribution in [3.8, 4) is 5.75 Å². The molecule has 3 rings (SSSR count). The molecule has 3 aromatic rings. The second kappa shape index (κ2) is 7.39. The summed E-state index contributed by atoms with van der Waals surface area (Å²) in [5, 5.41) is 2.54. The van der Waals surface area contributed by atoms with Gasteiger partial charge in [-0.1, -0.05) is 0 Å². The average Bonchev–Trinajstić information content (AvgIpc) is 3.17. The summed E-state index contributed by atoms with van der Waals surface area (Å²) in [6.07, 6.45) is -3.23. The summed E-state index contributed by atoms with van der Waals surface area (Å²) < 4.78 is 71.9. The molecule has 10 heteroatoms. The Kier molecular flexibility index (Phi) is 5.14. The second-order valence-corrected chi connectivity index (χ2v) is 7.06. The highest BCUT2D eigenvalue weighted by Crippen LogP contribution is 2.30. The number of rotatable bonds is 5. The van der Waals surface area contributed by atoms with Crippen molar-refractivity contribution in [2.75, 3.05) is 5.32 Å². The highest BCUT2D eigenvalue weighted by molar-refractivity contribution is 7.87. The number of carbonyl (C=O) groups excluding carboxylic acids is 1. The molecule has 0 atom stereocenters. The molecule has 0 aliphatic rings. The van der Waals surface area contributed by atoms with E-state index < -0.39 is 32.7 Å². The van der Waals surface area contributed by atoms with Crippen molar-refractivity contribution in [1.82, 2.24) is 0 Å². The van der Waals surface area contributed by atoms with E-state index in [1.165, 1.54) is 36.6 Å². The van der Waals surface area contributed by atoms with Crippen molar-refractivity contribution in [1.29, 1.82) is 0 Å². The number of hydrogen-bond acceptors (Lipinski definition) is 5. The zero-order valence-electron chi connectivity index (χ0n) is 13.9. The number of anilines is 1. The normalized spacial score (nSPS) is 11.8. The lowest BCUT2D eigenvalue weighted by Gasteiger charge is -2.10. The third kappa shape index (κ3) is 4.52. The van der Waals surface area contributed by atoms with E-state index >= 15 is 0 Å². The summed E-state index contributed by atoms with van der Waals surface area (Å²) in [6, 6.07) is 11.4. The Bertz CT molecular complexity index is 1060. The van der Waals surface area contributed by atoms with Crippen LogP contribution in [0.2, 0.25) is 0 Å². The summed E-state index contributed by atoms with van der Waals surface area (Å²) in [5.41, 5.74) is -0.608. The molecule has 0 bridgehead atoms. The second-order valence-electron chi connectivity index (χ2n) is 5.52. The largest absolute Gasteiger partial charge is 0.459 e. The van der Waals surface area contributed by atoms with E-state index in [-0.39, 0.29) is 11.5 Å². The Labute approximate surface area is 157 Å². The van der Waals surface area contributed by atoms with Gasteiger partial charge in [0.2, 0.25) is 0 Å². The van der Waals surface area contributed by atoms with Crippen molar-refractivity contribution in [3.05, 3.63) is 78.3 Å². The topological polar surface area (TPSA) is 85.6 Å². The van der Waals surface area contributed by atoms with Gasteiger partial charge in [-0.05, 0) is 60.7 Å². The van der Waals surface area contributed by atoms with Gasteiger partial charge in [0.05, 0.1) is 11.8 Å². The molecule has 6 nitrogen and oxygen atoms in total. The molecule has 0 aliphatic carbocycles. The molecule has 1 amide bonds. The smallest absolute Gasteiger partial charge is 0.416 e. The molecule has 0 radical (unpaired) electrons. The lowest BCUT2D eigenvalue weighted by molar-refractivity contribution is -0.137. The van der Waals surface area contributed by atoms with E-state index in [2.05, 4.69) is 5.32 Å². The Hall–Kier alpha value is -3.27. The number of halogens is 3. The van der Waals surface area contributed by atoms with Crippen LogP contribution in [-0.4, -0.2) is 14.3 Å². The molecule has 1 N–H and O–H groups in total. The van der Waals surface area contributed by atoms with Gasteiger partial charge in [0.1, 0.15) is 10.6 Å². The van der Waals surface area contributed by atoms with Crippen LogP contribution in [0, 0.1) is 0 Å². The maximum atomic E-state index is 12.6. The Morgan fingerprint density at radius 2 is 1.61 bits per heavy atom. The van der Waals surface area contributed by atoms with E-state index in [0.717, 1.165) is 12.1 Å². The number of alkyl halides is 3. The summed E-state index contributed by atoms with van der Waals surface area (Å²) in [4.78, 5) is 11.4. The van der Waals surface area contributed by atoms with Crippen molar-refractivity contribution < 1.29 is 35.0 Å². The quantitative estimate of drug-likeness (QED) is 0.632. The minimum atomic E-state index is -4.57. The van der Waals surface area contributed by atoms with Crippen LogP contribution in [0.1, 0.15) is 16.1 Å². The fraction of sp³-hybridized carbons (Fsp3) is 0.0556. The summed E-state index contributed by atoms with van der Waals surface area (Å²) in [6.45, 7) is 0. The van der Waals surface area contributed by atoms with Gasteiger partial charge in [-0.25, -0.2) is 0 Å². The molecule has 0 unspecified atom stereocenters. The third-order valence-corrected chi connectivity index (χ3v) is 4.79. The number of hydrogen-bond donors (Lipinski definition) is 1. The van der Waals surface area contributed by atoms with Crippen LogP contribution < -0.4 is 9.50 Å². The van der Waals surface area contributed by atoms with Gasteiger partial charge in [0.15, 0.2) is 5.76 Å². The Morgan fingerprint density at radius 1 is 0.964 bits per heavy atom. The molecule has 0 spiro atoms. The van der Waals surface area contributed by atoms with Crippen LogP contribution in [0.3, 0.4) is 0 Å². The predicted molar refractivity (Wildman–Crippen MR) is 92.4 cm³/mol. The summed E-state index contributed by atoms with van der Waals surface area (Å²) >= 11 is 0. The SMILES string of the molecule is O=C(Nc1ccc(OS(=O)(=O)c2ccc(C(F)(F)F)cc2)cc1)c1ccco1. The average molecular weight is 411 g/mol. The minimum Gasteiger partial charge on any atom is -0.459 e. The van der Waals surface area contributed by atoms with Crippen molar-refractivity contribution in [3.63, 3.8) is 0 Å². The van der Waals surface area contributed by atoms with Gasteiger partial charge in [0.25, 0.3) is 5.91 Å². The standard InChI is InChI=1S/C18H12F3NO5S/c19-18(20,21)12-3-9-15(10-4-12)28(24,25)27-14-7-5-13(6-8-14)22-17(23)16-2-1-11-26-16/h1-11H,(H,22,23). The van der Waals surface area contributed by atoms with E-state index in [9.17, 15) is 26.4 Å². The first-order valence-corrected chi connectivity index (χ1v) is 9.13. The zero-order chi connectivity index (χ0) is 20.4.